The number of aryl methyl sites for hydroxylation is 2. The molecule has 0 saturated heterocycles. The summed E-state index contributed by atoms with van der Waals surface area (Å²) in [5.41, 5.74) is 2.98. The number of nitrogens with zero attached hydrogens (tertiary/aromatic N) is 1. The average molecular weight is 346 g/mol. The molecule has 1 aromatic carbocycles. The number of benzene rings is 1. The molecule has 0 fully saturated rings. The average Bonchev–Trinajstić information content (AvgIpc) is 2.93. The van der Waals surface area contributed by atoms with Crippen LogP contribution in [0.4, 0.5) is 10.7 Å². The first-order valence-corrected chi connectivity index (χ1v) is 8.68. The van der Waals surface area contributed by atoms with Crippen LogP contribution in [0, 0.1) is 6.92 Å². The van der Waals surface area contributed by atoms with Crippen molar-refractivity contribution >= 4 is 45.3 Å². The Morgan fingerprint density at radius 3 is 2.96 bits per heavy atom. The molecule has 23 heavy (non-hydrogen) atoms. The van der Waals surface area contributed by atoms with E-state index in [-0.39, 0.29) is 5.97 Å². The molecule has 1 aliphatic heterocycles. The molecule has 4 nitrogen and oxygen atoms in total. The molecule has 0 radical (unpaired) electrons. The Bertz CT molecular complexity index is 755. The van der Waals surface area contributed by atoms with Gasteiger partial charge in [-0.1, -0.05) is 18.2 Å². The van der Waals surface area contributed by atoms with Crippen LogP contribution in [0.5, 0.6) is 0 Å². The van der Waals surface area contributed by atoms with E-state index in [1.165, 1.54) is 24.0 Å². The van der Waals surface area contributed by atoms with Gasteiger partial charge in [0, 0.05) is 17.1 Å². The normalized spacial score (nSPS) is 13.4. The van der Waals surface area contributed by atoms with Crippen LogP contribution in [0.3, 0.4) is 0 Å². The second-order valence-corrected chi connectivity index (χ2v) is 7.05. The number of thiophene rings is 1. The number of esters is 1. The van der Waals surface area contributed by atoms with Crippen molar-refractivity contribution in [2.45, 2.75) is 19.8 Å². The van der Waals surface area contributed by atoms with Crippen molar-refractivity contribution in [2.75, 3.05) is 23.9 Å². The van der Waals surface area contributed by atoms with E-state index in [0.717, 1.165) is 35.0 Å². The smallest absolute Gasteiger partial charge is 0.340 e. The lowest BCUT2D eigenvalue weighted by Gasteiger charge is -2.31. The molecule has 2 heterocycles. The number of nitrogens with one attached hydrogen (secondary N) is 1. The maximum atomic E-state index is 11.9. The van der Waals surface area contributed by atoms with E-state index >= 15 is 0 Å². The van der Waals surface area contributed by atoms with Crippen LogP contribution in [0.25, 0.3) is 0 Å². The van der Waals surface area contributed by atoms with E-state index in [1.807, 2.05) is 19.1 Å². The summed E-state index contributed by atoms with van der Waals surface area (Å²) in [6, 6.07) is 10.1. The Morgan fingerprint density at radius 1 is 1.39 bits per heavy atom. The van der Waals surface area contributed by atoms with Crippen molar-refractivity contribution in [2.24, 2.45) is 0 Å². The Hall–Kier alpha value is -1.92. The molecular formula is C17H18N2O2S2. The van der Waals surface area contributed by atoms with Crippen molar-refractivity contribution in [3.63, 3.8) is 0 Å². The van der Waals surface area contributed by atoms with Gasteiger partial charge in [0.25, 0.3) is 0 Å². The zero-order valence-electron chi connectivity index (χ0n) is 13.1. The Morgan fingerprint density at radius 2 is 2.17 bits per heavy atom. The number of carbonyl (C=O) groups is 1. The molecule has 0 atom stereocenters. The van der Waals surface area contributed by atoms with Gasteiger partial charge in [0.15, 0.2) is 5.11 Å². The minimum Gasteiger partial charge on any atom is -0.465 e. The number of hydrogen-bond acceptors (Lipinski definition) is 4. The van der Waals surface area contributed by atoms with Crippen molar-refractivity contribution in [1.29, 1.82) is 0 Å². The van der Waals surface area contributed by atoms with Gasteiger partial charge < -0.3 is 15.0 Å². The summed E-state index contributed by atoms with van der Waals surface area (Å²) in [5.74, 6) is -0.348. The standard InChI is InChI=1S/C17H18N2O2S2/c1-11-10-13(16(20)21-2)15(23-11)18-17(22)19-9-5-7-12-6-3-4-8-14(12)19/h3-4,6,8,10H,5,7,9H2,1-2H3,(H,18,22). The summed E-state index contributed by atoms with van der Waals surface area (Å²) in [5, 5.41) is 4.59. The predicted molar refractivity (Wildman–Crippen MR) is 98.7 cm³/mol. The van der Waals surface area contributed by atoms with E-state index in [2.05, 4.69) is 28.4 Å². The summed E-state index contributed by atoms with van der Waals surface area (Å²) in [6.07, 6.45) is 2.13. The highest BCUT2D eigenvalue weighted by Gasteiger charge is 2.22. The minimum atomic E-state index is -0.348. The van der Waals surface area contributed by atoms with Gasteiger partial charge in [0.2, 0.25) is 0 Å². The fraction of sp³-hybridized carbons (Fsp3) is 0.294. The number of thiocarbonyl (C=S) groups is 1. The SMILES string of the molecule is COC(=O)c1cc(C)sc1NC(=S)N1CCCc2ccccc21. The Balaban J connectivity index is 1.85. The number of ether oxygens (including phenoxy) is 1. The largest absolute Gasteiger partial charge is 0.465 e. The van der Waals surface area contributed by atoms with E-state index in [1.54, 1.807) is 0 Å². The summed E-state index contributed by atoms with van der Waals surface area (Å²) >= 11 is 7.10. The van der Waals surface area contributed by atoms with Crippen molar-refractivity contribution < 1.29 is 9.53 Å². The summed E-state index contributed by atoms with van der Waals surface area (Å²) in [4.78, 5) is 15.0. The zero-order valence-corrected chi connectivity index (χ0v) is 14.7. The second kappa shape index (κ2) is 6.68. The fourth-order valence-electron chi connectivity index (χ4n) is 2.78. The lowest BCUT2D eigenvalue weighted by molar-refractivity contribution is 0.0602. The van der Waals surface area contributed by atoms with Gasteiger partial charge in [-0.2, -0.15) is 0 Å². The molecular weight excluding hydrogens is 328 g/mol. The maximum absolute atomic E-state index is 11.9. The second-order valence-electron chi connectivity index (χ2n) is 5.41. The van der Waals surface area contributed by atoms with Gasteiger partial charge in [-0.15, -0.1) is 11.3 Å². The van der Waals surface area contributed by atoms with E-state index in [0.29, 0.717) is 10.7 Å². The third-order valence-corrected chi connectivity index (χ3v) is 5.12. The van der Waals surface area contributed by atoms with E-state index < -0.39 is 0 Å². The number of rotatable bonds is 2. The third kappa shape index (κ3) is 3.23. The molecule has 120 valence electrons. The predicted octanol–water partition coefficient (Wildman–Crippen LogP) is 3.99. The molecule has 1 N–H and O–H groups in total. The number of carbonyl (C=O) groups excluding carboxylic acids is 1. The molecule has 0 spiro atoms. The molecule has 0 unspecified atom stereocenters. The number of fused-ring (bicyclic) bond motifs is 1. The number of anilines is 2. The van der Waals surface area contributed by atoms with Crippen LogP contribution in [-0.2, 0) is 11.2 Å². The molecule has 6 heteroatoms. The first kappa shape index (κ1) is 16.0. The fourth-order valence-corrected chi connectivity index (χ4v) is 4.03. The molecule has 0 bridgehead atoms. The van der Waals surface area contributed by atoms with Gasteiger partial charge in [-0.25, -0.2) is 4.79 Å². The van der Waals surface area contributed by atoms with E-state index in [4.69, 9.17) is 17.0 Å². The van der Waals surface area contributed by atoms with Crippen LogP contribution >= 0.6 is 23.6 Å². The lowest BCUT2D eigenvalue weighted by atomic mass is 10.0. The van der Waals surface area contributed by atoms with Crippen LogP contribution in [-0.4, -0.2) is 24.7 Å². The van der Waals surface area contributed by atoms with Gasteiger partial charge in [0.05, 0.1) is 12.7 Å². The molecule has 3 rings (SSSR count). The topological polar surface area (TPSA) is 41.6 Å². The van der Waals surface area contributed by atoms with E-state index in [9.17, 15) is 4.79 Å². The summed E-state index contributed by atoms with van der Waals surface area (Å²) in [6.45, 7) is 2.84. The number of para-hydroxylation sites is 1. The quantitative estimate of drug-likeness (QED) is 0.658. The lowest BCUT2D eigenvalue weighted by Crippen LogP contribution is -2.38. The van der Waals surface area contributed by atoms with Crippen LogP contribution in [0.15, 0.2) is 30.3 Å². The highest BCUT2D eigenvalue weighted by molar-refractivity contribution is 7.80. The van der Waals surface area contributed by atoms with Gasteiger partial charge >= 0.3 is 5.97 Å². The van der Waals surface area contributed by atoms with Crippen molar-refractivity contribution in [1.82, 2.24) is 0 Å². The number of methoxy groups -OCH3 is 1. The van der Waals surface area contributed by atoms with Crippen molar-refractivity contribution in [3.8, 4) is 0 Å². The van der Waals surface area contributed by atoms with Crippen LogP contribution in [0.2, 0.25) is 0 Å². The molecule has 0 aliphatic carbocycles. The first-order chi connectivity index (χ1) is 11.1. The zero-order chi connectivity index (χ0) is 16.4. The summed E-state index contributed by atoms with van der Waals surface area (Å²) in [7, 11) is 1.39. The molecule has 1 aliphatic rings. The van der Waals surface area contributed by atoms with Crippen LogP contribution < -0.4 is 10.2 Å². The Labute approximate surface area is 145 Å². The molecule has 1 aromatic heterocycles. The first-order valence-electron chi connectivity index (χ1n) is 7.45. The number of hydrogen-bond donors (Lipinski definition) is 1. The highest BCUT2D eigenvalue weighted by Crippen LogP contribution is 2.31. The molecule has 0 saturated carbocycles. The maximum Gasteiger partial charge on any atom is 0.340 e. The van der Waals surface area contributed by atoms with Crippen molar-refractivity contribution in [3.05, 3.63) is 46.3 Å². The molecule has 2 aromatic rings. The van der Waals surface area contributed by atoms with Gasteiger partial charge in [-0.05, 0) is 49.7 Å². The van der Waals surface area contributed by atoms with Crippen LogP contribution in [0.1, 0.15) is 27.2 Å². The van der Waals surface area contributed by atoms with Gasteiger partial charge in [-0.3, -0.25) is 0 Å². The minimum absolute atomic E-state index is 0.348. The summed E-state index contributed by atoms with van der Waals surface area (Å²) < 4.78 is 4.84. The van der Waals surface area contributed by atoms with Gasteiger partial charge in [0.1, 0.15) is 5.00 Å². The third-order valence-electron chi connectivity index (χ3n) is 3.84. The highest BCUT2D eigenvalue weighted by atomic mass is 32.1. The molecule has 0 amide bonds. The monoisotopic (exact) mass is 346 g/mol. The Kier molecular flexibility index (Phi) is 4.63.